The Balaban J connectivity index is 1.39. The second-order valence-corrected chi connectivity index (χ2v) is 10.3. The number of para-hydroxylation sites is 2. The van der Waals surface area contributed by atoms with Gasteiger partial charge >= 0.3 is 0 Å². The lowest BCUT2D eigenvalue weighted by atomic mass is 10.1. The number of sulfonamides is 1. The van der Waals surface area contributed by atoms with Crippen molar-refractivity contribution in [3.05, 3.63) is 96.1 Å². The summed E-state index contributed by atoms with van der Waals surface area (Å²) in [5.41, 5.74) is 3.49. The number of fused-ring (bicyclic) bond motifs is 1. The summed E-state index contributed by atoms with van der Waals surface area (Å²) < 4.78 is 41.2. The highest BCUT2D eigenvalue weighted by molar-refractivity contribution is 7.93. The molecule has 1 fully saturated rings. The van der Waals surface area contributed by atoms with E-state index < -0.39 is 16.1 Å². The monoisotopic (exact) mass is 478 g/mol. The first-order chi connectivity index (χ1) is 16.4. The van der Waals surface area contributed by atoms with Crippen LogP contribution < -0.4 is 9.62 Å². The molecule has 4 aromatic rings. The Morgan fingerprint density at radius 3 is 2.47 bits per heavy atom. The van der Waals surface area contributed by atoms with Gasteiger partial charge in [-0.05, 0) is 60.5 Å². The minimum Gasteiger partial charge on any atom is -0.343 e. The molecule has 9 heteroatoms. The second-order valence-electron chi connectivity index (χ2n) is 8.25. The zero-order chi connectivity index (χ0) is 23.7. The summed E-state index contributed by atoms with van der Waals surface area (Å²) in [6, 6.07) is 19.8. The summed E-state index contributed by atoms with van der Waals surface area (Å²) >= 11 is 0. The maximum absolute atomic E-state index is 13.5. The summed E-state index contributed by atoms with van der Waals surface area (Å²) in [6.07, 6.45) is 2.31. The van der Waals surface area contributed by atoms with E-state index in [1.54, 1.807) is 42.7 Å². The predicted molar refractivity (Wildman–Crippen MR) is 129 cm³/mol. The molecular formula is C25H23FN4O3S. The van der Waals surface area contributed by atoms with Crippen LogP contribution in [0.2, 0.25) is 0 Å². The summed E-state index contributed by atoms with van der Waals surface area (Å²) in [4.78, 5) is 17.5. The highest BCUT2D eigenvalue weighted by atomic mass is 32.2. The van der Waals surface area contributed by atoms with Crippen molar-refractivity contribution in [1.29, 1.82) is 0 Å². The average molecular weight is 479 g/mol. The van der Waals surface area contributed by atoms with E-state index in [2.05, 4.69) is 10.3 Å². The minimum absolute atomic E-state index is 0.136. The van der Waals surface area contributed by atoms with Crippen molar-refractivity contribution in [1.82, 2.24) is 14.9 Å². The molecule has 1 aliphatic rings. The summed E-state index contributed by atoms with van der Waals surface area (Å²) in [6.45, 7) is 0.849. The SMILES string of the molecule is O=C(NC(Cn1cnc2ccccc21)c1ccc(F)cc1)c1ccc(N2CCCS2(=O)=O)cc1. The molecule has 1 N–H and O–H groups in total. The van der Waals surface area contributed by atoms with Crippen LogP contribution in [-0.4, -0.2) is 36.2 Å². The number of rotatable bonds is 6. The van der Waals surface area contributed by atoms with Crippen molar-refractivity contribution >= 4 is 32.7 Å². The lowest BCUT2D eigenvalue weighted by molar-refractivity contribution is 0.0933. The maximum atomic E-state index is 13.5. The van der Waals surface area contributed by atoms with E-state index >= 15 is 0 Å². The fraction of sp³-hybridized carbons (Fsp3) is 0.200. The summed E-state index contributed by atoms with van der Waals surface area (Å²) in [5, 5.41) is 3.04. The number of hydrogen-bond donors (Lipinski definition) is 1. The number of nitrogens with zero attached hydrogens (tertiary/aromatic N) is 3. The fourth-order valence-electron chi connectivity index (χ4n) is 4.23. The van der Waals surface area contributed by atoms with Crippen LogP contribution in [0, 0.1) is 5.82 Å². The zero-order valence-corrected chi connectivity index (χ0v) is 19.1. The number of benzene rings is 3. The first-order valence-electron chi connectivity index (χ1n) is 11.0. The van der Waals surface area contributed by atoms with Gasteiger partial charge < -0.3 is 9.88 Å². The molecular weight excluding hydrogens is 455 g/mol. The van der Waals surface area contributed by atoms with Crippen LogP contribution >= 0.6 is 0 Å². The first kappa shape index (κ1) is 22.1. The third-order valence-electron chi connectivity index (χ3n) is 6.00. The fourth-order valence-corrected chi connectivity index (χ4v) is 5.80. The van der Waals surface area contributed by atoms with Crippen LogP contribution in [0.3, 0.4) is 0 Å². The molecule has 1 aromatic heterocycles. The molecule has 3 aromatic carbocycles. The van der Waals surface area contributed by atoms with Crippen LogP contribution in [0.1, 0.15) is 28.4 Å². The Morgan fingerprint density at radius 2 is 1.76 bits per heavy atom. The number of carbonyl (C=O) groups excluding carboxylic acids is 1. The number of imidazole rings is 1. The molecule has 174 valence electrons. The molecule has 1 amide bonds. The normalized spacial score (nSPS) is 16.0. The molecule has 34 heavy (non-hydrogen) atoms. The number of aromatic nitrogens is 2. The Kier molecular flexibility index (Phi) is 5.79. The Hall–Kier alpha value is -3.72. The molecule has 0 saturated carbocycles. The average Bonchev–Trinajstić information content (AvgIpc) is 3.41. The highest BCUT2D eigenvalue weighted by Gasteiger charge is 2.28. The predicted octanol–water partition coefficient (Wildman–Crippen LogP) is 3.89. The van der Waals surface area contributed by atoms with Gasteiger partial charge in [0.15, 0.2) is 0 Å². The molecule has 1 atom stereocenters. The van der Waals surface area contributed by atoms with E-state index in [0.717, 1.165) is 16.6 Å². The lowest BCUT2D eigenvalue weighted by Crippen LogP contribution is -2.31. The smallest absolute Gasteiger partial charge is 0.251 e. The van der Waals surface area contributed by atoms with E-state index in [4.69, 9.17) is 0 Å². The topological polar surface area (TPSA) is 84.3 Å². The molecule has 5 rings (SSSR count). The molecule has 7 nitrogen and oxygen atoms in total. The summed E-state index contributed by atoms with van der Waals surface area (Å²) in [5.74, 6) is -0.527. The van der Waals surface area contributed by atoms with Gasteiger partial charge in [0.05, 0.1) is 34.8 Å². The molecule has 2 heterocycles. The van der Waals surface area contributed by atoms with Gasteiger partial charge in [0.1, 0.15) is 5.82 Å². The number of amides is 1. The van der Waals surface area contributed by atoms with Gasteiger partial charge in [-0.25, -0.2) is 17.8 Å². The number of carbonyl (C=O) groups is 1. The molecule has 0 spiro atoms. The van der Waals surface area contributed by atoms with E-state index in [1.807, 2.05) is 28.8 Å². The van der Waals surface area contributed by atoms with Crippen molar-refractivity contribution in [2.24, 2.45) is 0 Å². The molecule has 0 aliphatic carbocycles. The van der Waals surface area contributed by atoms with Gasteiger partial charge in [-0.2, -0.15) is 0 Å². The molecule has 0 radical (unpaired) electrons. The molecule has 1 saturated heterocycles. The first-order valence-corrected chi connectivity index (χ1v) is 12.6. The van der Waals surface area contributed by atoms with E-state index in [9.17, 15) is 17.6 Å². The van der Waals surface area contributed by atoms with E-state index in [1.165, 1.54) is 16.4 Å². The number of halogens is 1. The van der Waals surface area contributed by atoms with Crippen molar-refractivity contribution in [2.45, 2.75) is 19.0 Å². The van der Waals surface area contributed by atoms with Gasteiger partial charge in [-0.3, -0.25) is 9.10 Å². The van der Waals surface area contributed by atoms with E-state index in [-0.39, 0.29) is 17.5 Å². The van der Waals surface area contributed by atoms with Gasteiger partial charge in [-0.15, -0.1) is 0 Å². The van der Waals surface area contributed by atoms with Crippen LogP contribution in [0.5, 0.6) is 0 Å². The van der Waals surface area contributed by atoms with Crippen molar-refractivity contribution in [3.8, 4) is 0 Å². The number of anilines is 1. The third-order valence-corrected chi connectivity index (χ3v) is 7.87. The van der Waals surface area contributed by atoms with Crippen molar-refractivity contribution in [2.75, 3.05) is 16.6 Å². The number of nitrogens with one attached hydrogen (secondary N) is 1. The van der Waals surface area contributed by atoms with Crippen LogP contribution in [-0.2, 0) is 16.6 Å². The maximum Gasteiger partial charge on any atom is 0.251 e. The highest BCUT2D eigenvalue weighted by Crippen LogP contribution is 2.25. The quantitative estimate of drug-likeness (QED) is 0.456. The minimum atomic E-state index is -3.29. The van der Waals surface area contributed by atoms with E-state index in [0.29, 0.717) is 30.8 Å². The van der Waals surface area contributed by atoms with Gasteiger partial charge in [0.2, 0.25) is 10.0 Å². The third kappa shape index (κ3) is 4.38. The van der Waals surface area contributed by atoms with Crippen molar-refractivity contribution < 1.29 is 17.6 Å². The largest absolute Gasteiger partial charge is 0.343 e. The van der Waals surface area contributed by atoms with Gasteiger partial charge in [0, 0.05) is 18.7 Å². The lowest BCUT2D eigenvalue weighted by Gasteiger charge is -2.21. The molecule has 1 unspecified atom stereocenters. The standard InChI is InChI=1S/C25H23FN4O3S/c26-20-10-6-18(7-11-20)23(16-29-17-27-22-4-1-2-5-24(22)29)28-25(31)19-8-12-21(13-9-19)30-14-3-15-34(30,32)33/h1-2,4-13,17,23H,3,14-16H2,(H,28,31). The van der Waals surface area contributed by atoms with Gasteiger partial charge in [-0.1, -0.05) is 24.3 Å². The van der Waals surface area contributed by atoms with Crippen LogP contribution in [0.4, 0.5) is 10.1 Å². The molecule has 0 bridgehead atoms. The number of hydrogen-bond acceptors (Lipinski definition) is 4. The Morgan fingerprint density at radius 1 is 1.03 bits per heavy atom. The van der Waals surface area contributed by atoms with Crippen LogP contribution in [0.25, 0.3) is 11.0 Å². The second kappa shape index (κ2) is 8.90. The Labute approximate surface area is 196 Å². The summed E-state index contributed by atoms with van der Waals surface area (Å²) in [7, 11) is -3.29. The van der Waals surface area contributed by atoms with Crippen molar-refractivity contribution in [3.63, 3.8) is 0 Å². The zero-order valence-electron chi connectivity index (χ0n) is 18.3. The molecule has 1 aliphatic heterocycles. The van der Waals surface area contributed by atoms with Gasteiger partial charge in [0.25, 0.3) is 5.91 Å². The Bertz CT molecular complexity index is 1430. The van der Waals surface area contributed by atoms with Crippen LogP contribution in [0.15, 0.2) is 79.1 Å².